The van der Waals surface area contributed by atoms with E-state index in [1.165, 1.54) is 6.33 Å². The molecule has 2 aromatic carbocycles. The largest absolute Gasteiger partial charge is 0.493 e. The van der Waals surface area contributed by atoms with Gasteiger partial charge in [0.1, 0.15) is 24.9 Å². The Morgan fingerprint density at radius 3 is 2.88 bits per heavy atom. The molecule has 2 fully saturated rings. The first-order valence-electron chi connectivity index (χ1n) is 10.7. The van der Waals surface area contributed by atoms with Crippen molar-refractivity contribution in [3.8, 4) is 11.5 Å². The zero-order valence-corrected chi connectivity index (χ0v) is 19.6. The molecule has 8 nitrogen and oxygen atoms in total. The van der Waals surface area contributed by atoms with Crippen LogP contribution >= 0.6 is 23.2 Å². The second-order valence-corrected chi connectivity index (χ2v) is 8.80. The van der Waals surface area contributed by atoms with Gasteiger partial charge in [-0.25, -0.2) is 9.97 Å². The Bertz CT molecular complexity index is 1150. The number of anilines is 2. The molecule has 2 aliphatic heterocycles. The molecule has 0 aliphatic carbocycles. The topological polar surface area (TPSA) is 78.0 Å². The molecular formula is C23H24Cl2N4O4. The number of halogens is 2. The van der Waals surface area contributed by atoms with Crippen molar-refractivity contribution in [3.63, 3.8) is 0 Å². The number of morpholine rings is 2. The lowest BCUT2D eigenvalue weighted by Crippen LogP contribution is -2.56. The van der Waals surface area contributed by atoms with Gasteiger partial charge in [0, 0.05) is 30.2 Å². The molecule has 10 heteroatoms. The van der Waals surface area contributed by atoms with Gasteiger partial charge in [-0.3, -0.25) is 4.90 Å². The highest BCUT2D eigenvalue weighted by Gasteiger charge is 2.31. The Balaban J connectivity index is 1.34. The summed E-state index contributed by atoms with van der Waals surface area (Å²) in [6.07, 6.45) is 1.48. The fourth-order valence-corrected chi connectivity index (χ4v) is 4.37. The van der Waals surface area contributed by atoms with Crippen molar-refractivity contribution in [1.29, 1.82) is 0 Å². The third-order valence-electron chi connectivity index (χ3n) is 5.84. The number of nitrogens with one attached hydrogen (secondary N) is 1. The van der Waals surface area contributed by atoms with Gasteiger partial charge in [-0.15, -0.1) is 0 Å². The number of aromatic nitrogens is 2. The second-order valence-electron chi connectivity index (χ2n) is 7.99. The number of hydrogen-bond acceptors (Lipinski definition) is 8. The van der Waals surface area contributed by atoms with Crippen LogP contribution in [0.25, 0.3) is 10.9 Å². The molecule has 0 amide bonds. The van der Waals surface area contributed by atoms with Crippen molar-refractivity contribution in [2.75, 3.05) is 51.9 Å². The normalized spacial score (nSPS) is 20.9. The van der Waals surface area contributed by atoms with Gasteiger partial charge in [-0.05, 0) is 24.3 Å². The average Bonchev–Trinajstić information content (AvgIpc) is 2.84. The zero-order chi connectivity index (χ0) is 22.8. The summed E-state index contributed by atoms with van der Waals surface area (Å²) < 4.78 is 23.3. The molecule has 0 radical (unpaired) electrons. The van der Waals surface area contributed by atoms with E-state index < -0.39 is 0 Å². The standard InChI is InChI=1S/C23H24Cl2N4O4/c1-30-21-7-17-20(26-13-27-23(17)28-14-2-3-18(24)19(25)6-14)8-22(21)33-12-16-9-29-4-5-31-10-15(29)11-32-16/h2-3,6-8,13,15-16H,4-5,9-12H2,1H3,(H,26,27,28). The van der Waals surface area contributed by atoms with Gasteiger partial charge in [-0.2, -0.15) is 0 Å². The Morgan fingerprint density at radius 1 is 1.12 bits per heavy atom. The average molecular weight is 491 g/mol. The van der Waals surface area contributed by atoms with Crippen LogP contribution in [0.4, 0.5) is 11.5 Å². The quantitative estimate of drug-likeness (QED) is 0.551. The minimum Gasteiger partial charge on any atom is -0.493 e. The third-order valence-corrected chi connectivity index (χ3v) is 6.58. The predicted molar refractivity (Wildman–Crippen MR) is 127 cm³/mol. The maximum Gasteiger partial charge on any atom is 0.163 e. The fourth-order valence-electron chi connectivity index (χ4n) is 4.07. The van der Waals surface area contributed by atoms with Gasteiger partial charge >= 0.3 is 0 Å². The van der Waals surface area contributed by atoms with E-state index in [1.807, 2.05) is 18.2 Å². The van der Waals surface area contributed by atoms with Gasteiger partial charge in [0.05, 0.1) is 48.5 Å². The van der Waals surface area contributed by atoms with Crippen LogP contribution in [0.3, 0.4) is 0 Å². The lowest BCUT2D eigenvalue weighted by molar-refractivity contribution is -0.124. The van der Waals surface area contributed by atoms with E-state index in [9.17, 15) is 0 Å². The lowest BCUT2D eigenvalue weighted by Gasteiger charge is -2.41. The first kappa shape index (κ1) is 22.4. The summed E-state index contributed by atoms with van der Waals surface area (Å²) in [4.78, 5) is 11.2. The van der Waals surface area contributed by atoms with E-state index in [0.717, 1.165) is 42.9 Å². The van der Waals surface area contributed by atoms with Crippen molar-refractivity contribution in [2.45, 2.75) is 12.1 Å². The van der Waals surface area contributed by atoms with Crippen LogP contribution in [0.2, 0.25) is 10.0 Å². The van der Waals surface area contributed by atoms with Crippen LogP contribution in [-0.4, -0.2) is 73.6 Å². The molecule has 3 heterocycles. The Hall–Kier alpha value is -2.36. The smallest absolute Gasteiger partial charge is 0.163 e. The second kappa shape index (κ2) is 9.87. The zero-order valence-electron chi connectivity index (χ0n) is 18.1. The maximum absolute atomic E-state index is 6.14. The highest BCUT2D eigenvalue weighted by atomic mass is 35.5. The van der Waals surface area contributed by atoms with Crippen molar-refractivity contribution < 1.29 is 18.9 Å². The van der Waals surface area contributed by atoms with Gasteiger partial charge in [0.15, 0.2) is 11.5 Å². The number of rotatable bonds is 6. The molecule has 2 unspecified atom stereocenters. The molecule has 5 rings (SSSR count). The van der Waals surface area contributed by atoms with Gasteiger partial charge in [0.2, 0.25) is 0 Å². The van der Waals surface area contributed by atoms with E-state index in [1.54, 1.807) is 19.2 Å². The molecular weight excluding hydrogens is 467 g/mol. The highest BCUT2D eigenvalue weighted by Crippen LogP contribution is 2.35. The van der Waals surface area contributed by atoms with Crippen LogP contribution in [0.15, 0.2) is 36.7 Å². The summed E-state index contributed by atoms with van der Waals surface area (Å²) >= 11 is 12.2. The highest BCUT2D eigenvalue weighted by molar-refractivity contribution is 6.42. The van der Waals surface area contributed by atoms with Crippen molar-refractivity contribution in [2.24, 2.45) is 0 Å². The van der Waals surface area contributed by atoms with Crippen LogP contribution < -0.4 is 14.8 Å². The van der Waals surface area contributed by atoms with E-state index in [4.69, 9.17) is 42.1 Å². The molecule has 0 bridgehead atoms. The number of ether oxygens (including phenoxy) is 4. The first-order valence-corrected chi connectivity index (χ1v) is 11.5. The summed E-state index contributed by atoms with van der Waals surface area (Å²) in [5.74, 6) is 1.82. The van der Waals surface area contributed by atoms with Gasteiger partial charge in [0.25, 0.3) is 0 Å². The molecule has 1 aromatic heterocycles. The van der Waals surface area contributed by atoms with E-state index >= 15 is 0 Å². The van der Waals surface area contributed by atoms with Crippen LogP contribution in [0, 0.1) is 0 Å². The van der Waals surface area contributed by atoms with Gasteiger partial charge in [-0.1, -0.05) is 23.2 Å². The first-order chi connectivity index (χ1) is 16.1. The summed E-state index contributed by atoms with van der Waals surface area (Å²) in [6, 6.07) is 9.37. The van der Waals surface area contributed by atoms with Crippen molar-refractivity contribution in [1.82, 2.24) is 14.9 Å². The number of nitrogens with zero attached hydrogens (tertiary/aromatic N) is 3. The number of hydrogen-bond donors (Lipinski definition) is 1. The SMILES string of the molecule is COc1cc2c(Nc3ccc(Cl)c(Cl)c3)ncnc2cc1OCC1CN2CCOCC2CO1. The Kier molecular flexibility index (Phi) is 6.71. The van der Waals surface area contributed by atoms with Crippen LogP contribution in [0.5, 0.6) is 11.5 Å². The molecule has 2 saturated heterocycles. The molecule has 3 aromatic rings. The van der Waals surface area contributed by atoms with Crippen molar-refractivity contribution in [3.05, 3.63) is 46.7 Å². The van der Waals surface area contributed by atoms with Crippen molar-refractivity contribution >= 4 is 45.6 Å². The minimum absolute atomic E-state index is 0.0166. The molecule has 1 N–H and O–H groups in total. The summed E-state index contributed by atoms with van der Waals surface area (Å²) in [5, 5.41) is 5.01. The van der Waals surface area contributed by atoms with E-state index in [-0.39, 0.29) is 6.10 Å². The molecule has 174 valence electrons. The lowest BCUT2D eigenvalue weighted by atomic mass is 10.1. The number of benzene rings is 2. The summed E-state index contributed by atoms with van der Waals surface area (Å²) in [7, 11) is 1.61. The Labute approximate surface area is 201 Å². The molecule has 0 spiro atoms. The van der Waals surface area contributed by atoms with Crippen LogP contribution in [0.1, 0.15) is 0 Å². The summed E-state index contributed by atoms with van der Waals surface area (Å²) in [6.45, 7) is 4.32. The van der Waals surface area contributed by atoms with Gasteiger partial charge < -0.3 is 24.3 Å². The predicted octanol–water partition coefficient (Wildman–Crippen LogP) is 4.17. The molecule has 2 aliphatic rings. The van der Waals surface area contributed by atoms with E-state index in [0.29, 0.717) is 46.6 Å². The minimum atomic E-state index is -0.0166. The molecule has 0 saturated carbocycles. The maximum atomic E-state index is 6.14. The van der Waals surface area contributed by atoms with Crippen LogP contribution in [-0.2, 0) is 9.47 Å². The molecule has 2 atom stereocenters. The number of methoxy groups -OCH3 is 1. The molecule has 33 heavy (non-hydrogen) atoms. The van der Waals surface area contributed by atoms with E-state index in [2.05, 4.69) is 20.2 Å². The Morgan fingerprint density at radius 2 is 2.03 bits per heavy atom. The fraction of sp³-hybridized carbons (Fsp3) is 0.391. The third kappa shape index (κ3) is 4.95. The number of fused-ring (bicyclic) bond motifs is 2. The monoisotopic (exact) mass is 490 g/mol. The summed E-state index contributed by atoms with van der Waals surface area (Å²) in [5.41, 5.74) is 1.49.